The Morgan fingerprint density at radius 1 is 0.966 bits per heavy atom. The van der Waals surface area contributed by atoms with E-state index < -0.39 is 65.6 Å². The van der Waals surface area contributed by atoms with E-state index in [4.69, 9.17) is 33.2 Å². The van der Waals surface area contributed by atoms with E-state index in [-0.39, 0.29) is 13.2 Å². The highest BCUT2D eigenvalue weighted by molar-refractivity contribution is 5.03. The summed E-state index contributed by atoms with van der Waals surface area (Å²) < 4.78 is 40.3. The molecule has 3 aliphatic rings. The molecular weight excluding hydrogens is 390 g/mol. The SMILES string of the molecule is CCOC(OCC)[C@@H]([C@@H](O)[C@H]1O[C@@H]2OC(C)(C)O[C@@H]2[C@H]2OC(C)(C)O[C@H]21)[N+](=O)[O-]. The predicted molar refractivity (Wildman–Crippen MR) is 96.4 cm³/mol. The van der Waals surface area contributed by atoms with Crippen molar-refractivity contribution in [2.75, 3.05) is 13.2 Å². The Morgan fingerprint density at radius 2 is 1.48 bits per heavy atom. The first kappa shape index (κ1) is 22.8. The summed E-state index contributed by atoms with van der Waals surface area (Å²) in [5.74, 6) is -1.91. The molecule has 3 aliphatic heterocycles. The fourth-order valence-corrected chi connectivity index (χ4v) is 4.07. The second-order valence-electron chi connectivity index (χ2n) is 8.18. The minimum atomic E-state index is -1.61. The molecule has 0 aromatic carbocycles. The number of hydrogen-bond donors (Lipinski definition) is 1. The first-order valence-electron chi connectivity index (χ1n) is 9.91. The maximum atomic E-state index is 11.8. The third-order valence-electron chi connectivity index (χ3n) is 5.06. The van der Waals surface area contributed by atoms with E-state index in [1.807, 2.05) is 0 Å². The van der Waals surface area contributed by atoms with E-state index >= 15 is 0 Å². The van der Waals surface area contributed by atoms with Gasteiger partial charge in [-0.05, 0) is 41.5 Å². The molecule has 0 amide bonds. The van der Waals surface area contributed by atoms with Crippen molar-refractivity contribution in [3.8, 4) is 0 Å². The van der Waals surface area contributed by atoms with Crippen molar-refractivity contribution in [2.45, 2.75) is 102 Å². The summed E-state index contributed by atoms with van der Waals surface area (Å²) >= 11 is 0. The van der Waals surface area contributed by atoms with Crippen LogP contribution in [0.2, 0.25) is 0 Å². The molecule has 3 saturated heterocycles. The van der Waals surface area contributed by atoms with Crippen LogP contribution in [-0.4, -0.2) is 84.0 Å². The van der Waals surface area contributed by atoms with Crippen LogP contribution in [0, 0.1) is 10.1 Å². The standard InChI is InChI=1S/C18H31NO10/c1-7-23-15(24-8-2)9(19(21)22)10(20)11-12-13(27-17(3,4)26-12)14-16(25-11)29-18(5,6)28-14/h9-16,20H,7-8H2,1-6H3/t9-,10-,11-,12+,13+,14-,16-/m1/s1. The number of fused-ring (bicyclic) bond motifs is 3. The van der Waals surface area contributed by atoms with Crippen molar-refractivity contribution in [2.24, 2.45) is 0 Å². The largest absolute Gasteiger partial charge is 0.383 e. The van der Waals surface area contributed by atoms with Crippen LogP contribution >= 0.6 is 0 Å². The number of hydrogen-bond acceptors (Lipinski definition) is 10. The van der Waals surface area contributed by atoms with Crippen molar-refractivity contribution in [3.63, 3.8) is 0 Å². The molecule has 3 fully saturated rings. The van der Waals surface area contributed by atoms with E-state index in [2.05, 4.69) is 0 Å². The topological polar surface area (TPSA) is 128 Å². The van der Waals surface area contributed by atoms with Crippen LogP contribution in [0.5, 0.6) is 0 Å². The number of nitro groups is 1. The number of ether oxygens (including phenoxy) is 7. The molecule has 0 saturated carbocycles. The Bertz CT molecular complexity index is 593. The lowest BCUT2D eigenvalue weighted by atomic mass is 9.92. The number of aliphatic hydroxyl groups excluding tert-OH is 1. The van der Waals surface area contributed by atoms with Gasteiger partial charge >= 0.3 is 0 Å². The van der Waals surface area contributed by atoms with Crippen LogP contribution in [0.25, 0.3) is 0 Å². The lowest BCUT2D eigenvalue weighted by molar-refractivity contribution is -0.565. The van der Waals surface area contributed by atoms with Crippen LogP contribution in [0.3, 0.4) is 0 Å². The number of rotatable bonds is 8. The Kier molecular flexibility index (Phi) is 6.52. The van der Waals surface area contributed by atoms with Gasteiger partial charge in [-0.15, -0.1) is 0 Å². The average molecular weight is 421 g/mol. The molecular formula is C18H31NO10. The van der Waals surface area contributed by atoms with Gasteiger partial charge in [0.05, 0.1) is 0 Å². The highest BCUT2D eigenvalue weighted by atomic mass is 16.9. The predicted octanol–water partition coefficient (Wildman–Crippen LogP) is 0.788. The summed E-state index contributed by atoms with van der Waals surface area (Å²) in [6, 6.07) is -1.60. The van der Waals surface area contributed by atoms with Crippen molar-refractivity contribution in [1.29, 1.82) is 0 Å². The van der Waals surface area contributed by atoms with Gasteiger partial charge in [0.15, 0.2) is 24.0 Å². The van der Waals surface area contributed by atoms with Gasteiger partial charge in [-0.3, -0.25) is 10.1 Å². The summed E-state index contributed by atoms with van der Waals surface area (Å²) in [5, 5.41) is 22.9. The van der Waals surface area contributed by atoms with E-state index in [0.717, 1.165) is 0 Å². The smallest absolute Gasteiger partial charge is 0.291 e. The second kappa shape index (κ2) is 8.31. The van der Waals surface area contributed by atoms with E-state index in [9.17, 15) is 15.2 Å². The second-order valence-corrected chi connectivity index (χ2v) is 8.18. The molecule has 0 aromatic heterocycles. The Morgan fingerprint density at radius 3 is 2.03 bits per heavy atom. The van der Waals surface area contributed by atoms with Gasteiger partial charge in [-0.1, -0.05) is 0 Å². The molecule has 3 rings (SSSR count). The Labute approximate surface area is 169 Å². The molecule has 0 radical (unpaired) electrons. The van der Waals surface area contributed by atoms with Crippen molar-refractivity contribution >= 4 is 0 Å². The van der Waals surface area contributed by atoms with Crippen LogP contribution in [0.15, 0.2) is 0 Å². The van der Waals surface area contributed by atoms with Crippen LogP contribution in [-0.2, 0) is 33.2 Å². The molecule has 0 bridgehead atoms. The molecule has 0 aromatic rings. The molecule has 168 valence electrons. The fourth-order valence-electron chi connectivity index (χ4n) is 4.07. The van der Waals surface area contributed by atoms with Crippen LogP contribution < -0.4 is 0 Å². The van der Waals surface area contributed by atoms with Crippen LogP contribution in [0.1, 0.15) is 41.5 Å². The molecule has 0 spiro atoms. The molecule has 11 heteroatoms. The summed E-state index contributed by atoms with van der Waals surface area (Å²) in [6.07, 6.45) is -6.86. The summed E-state index contributed by atoms with van der Waals surface area (Å²) in [4.78, 5) is 11.2. The molecule has 1 N–H and O–H groups in total. The third kappa shape index (κ3) is 4.57. The van der Waals surface area contributed by atoms with Crippen molar-refractivity contribution < 1.29 is 43.2 Å². The molecule has 29 heavy (non-hydrogen) atoms. The van der Waals surface area contributed by atoms with Gasteiger partial charge in [0, 0.05) is 18.1 Å². The zero-order chi connectivity index (χ0) is 21.6. The Balaban J connectivity index is 1.89. The molecule has 0 aliphatic carbocycles. The number of nitrogens with zero attached hydrogens (tertiary/aromatic N) is 1. The molecule has 0 unspecified atom stereocenters. The van der Waals surface area contributed by atoms with Gasteiger partial charge in [0.2, 0.25) is 6.29 Å². The first-order chi connectivity index (χ1) is 13.5. The summed E-state index contributed by atoms with van der Waals surface area (Å²) in [7, 11) is 0. The van der Waals surface area contributed by atoms with E-state index in [1.165, 1.54) is 0 Å². The van der Waals surface area contributed by atoms with Gasteiger partial charge in [-0.25, -0.2) is 0 Å². The zero-order valence-corrected chi connectivity index (χ0v) is 17.6. The average Bonchev–Trinajstić information content (AvgIpc) is 3.08. The highest BCUT2D eigenvalue weighted by Crippen LogP contribution is 2.45. The minimum Gasteiger partial charge on any atom is -0.383 e. The summed E-state index contributed by atoms with van der Waals surface area (Å²) in [5.41, 5.74) is 0. The van der Waals surface area contributed by atoms with Crippen molar-refractivity contribution in [3.05, 3.63) is 10.1 Å². The van der Waals surface area contributed by atoms with Gasteiger partial charge in [-0.2, -0.15) is 0 Å². The molecule has 3 heterocycles. The fraction of sp³-hybridized carbons (Fsp3) is 1.00. The minimum absolute atomic E-state index is 0.182. The first-order valence-corrected chi connectivity index (χ1v) is 9.91. The monoisotopic (exact) mass is 421 g/mol. The highest BCUT2D eigenvalue weighted by Gasteiger charge is 2.63. The van der Waals surface area contributed by atoms with Crippen molar-refractivity contribution in [1.82, 2.24) is 0 Å². The zero-order valence-electron chi connectivity index (χ0n) is 17.6. The third-order valence-corrected chi connectivity index (χ3v) is 5.06. The summed E-state index contributed by atoms with van der Waals surface area (Å²) in [6.45, 7) is 10.7. The van der Waals surface area contributed by atoms with Gasteiger partial charge in [0.25, 0.3) is 6.04 Å². The van der Waals surface area contributed by atoms with E-state index in [1.54, 1.807) is 41.5 Å². The quantitative estimate of drug-likeness (QED) is 0.341. The van der Waals surface area contributed by atoms with E-state index in [0.29, 0.717) is 0 Å². The van der Waals surface area contributed by atoms with Crippen LogP contribution in [0.4, 0.5) is 0 Å². The number of aliphatic hydroxyl groups is 1. The van der Waals surface area contributed by atoms with Gasteiger partial charge in [0.1, 0.15) is 24.4 Å². The lowest BCUT2D eigenvalue weighted by Gasteiger charge is -2.40. The maximum Gasteiger partial charge on any atom is 0.291 e. The molecule has 11 nitrogen and oxygen atoms in total. The lowest BCUT2D eigenvalue weighted by Crippen LogP contribution is -2.63. The van der Waals surface area contributed by atoms with Gasteiger partial charge < -0.3 is 38.3 Å². The Hall–Kier alpha value is -0.920. The molecule has 7 atom stereocenters. The maximum absolute atomic E-state index is 11.8. The normalized spacial score (nSPS) is 37.2.